The van der Waals surface area contributed by atoms with Crippen molar-refractivity contribution in [2.75, 3.05) is 6.16 Å². The smallest absolute Gasteiger partial charge is 0.324 e. The highest BCUT2D eigenvalue weighted by atomic mass is 31.2. The molecule has 0 aromatic heterocycles. The van der Waals surface area contributed by atoms with Gasteiger partial charge in [0.25, 0.3) is 0 Å². The van der Waals surface area contributed by atoms with Crippen molar-refractivity contribution >= 4 is 7.60 Å². The summed E-state index contributed by atoms with van der Waals surface area (Å²) in [5.74, 6) is 0. The minimum absolute atomic E-state index is 0.0481. The molecular weight excluding hydrogens is 511 g/mol. The van der Waals surface area contributed by atoms with E-state index < -0.39 is 7.60 Å². The Morgan fingerprint density at radius 1 is 0.400 bits per heavy atom. The van der Waals surface area contributed by atoms with E-state index in [0.29, 0.717) is 6.42 Å². The van der Waals surface area contributed by atoms with Gasteiger partial charge >= 0.3 is 7.60 Å². The van der Waals surface area contributed by atoms with Crippen LogP contribution < -0.4 is 0 Å². The Bertz CT molecular complexity index is 581. The zero-order valence-corrected chi connectivity index (χ0v) is 27.7. The van der Waals surface area contributed by atoms with E-state index in [1.165, 1.54) is 167 Å². The molecule has 0 spiro atoms. The fraction of sp³-hybridized carbons (Fsp3) is 0.861. The Morgan fingerprint density at radius 3 is 1.00 bits per heavy atom. The van der Waals surface area contributed by atoms with Gasteiger partial charge in [0.1, 0.15) is 0 Å². The second-order valence-electron chi connectivity index (χ2n) is 12.1. The summed E-state index contributed by atoms with van der Waals surface area (Å²) in [5, 5.41) is 0. The molecule has 0 saturated heterocycles. The summed E-state index contributed by atoms with van der Waals surface area (Å²) in [6.45, 7) is 2.29. The third-order valence-electron chi connectivity index (χ3n) is 7.94. The fourth-order valence-electron chi connectivity index (χ4n) is 5.28. The molecule has 0 unspecified atom stereocenters. The highest BCUT2D eigenvalue weighted by molar-refractivity contribution is 7.51. The molecule has 1 radical (unpaired) electrons. The van der Waals surface area contributed by atoms with E-state index in [1.54, 1.807) is 0 Å². The van der Waals surface area contributed by atoms with Gasteiger partial charge in [-0.2, -0.15) is 0 Å². The predicted octanol–water partition coefficient (Wildman–Crippen LogP) is 12.8. The van der Waals surface area contributed by atoms with Crippen molar-refractivity contribution < 1.29 is 14.4 Å². The number of hydrogen-bond donors (Lipinski definition) is 2. The van der Waals surface area contributed by atoms with Crippen LogP contribution >= 0.6 is 7.60 Å². The normalized spacial score (nSPS) is 12.4. The quantitative estimate of drug-likeness (QED) is 0.0460. The molecule has 0 aromatic rings. The van der Waals surface area contributed by atoms with Crippen LogP contribution in [0.25, 0.3) is 0 Å². The van der Waals surface area contributed by atoms with Crippen molar-refractivity contribution in [3.05, 3.63) is 30.7 Å². The van der Waals surface area contributed by atoms with Gasteiger partial charge in [-0.15, -0.1) is 0 Å². The first-order valence-electron chi connectivity index (χ1n) is 17.7. The molecule has 40 heavy (non-hydrogen) atoms. The lowest BCUT2D eigenvalue weighted by atomic mass is 10.0. The van der Waals surface area contributed by atoms with Gasteiger partial charge in [-0.25, -0.2) is 0 Å². The van der Waals surface area contributed by atoms with Crippen molar-refractivity contribution in [3.8, 4) is 0 Å². The van der Waals surface area contributed by atoms with Crippen LogP contribution in [0.3, 0.4) is 0 Å². The Hall–Kier alpha value is -0.370. The highest BCUT2D eigenvalue weighted by Crippen LogP contribution is 2.35. The first kappa shape index (κ1) is 39.6. The van der Waals surface area contributed by atoms with Crippen molar-refractivity contribution in [2.24, 2.45) is 0 Å². The SMILES string of the molecule is CCCCCCCC/C=C\CCCCCCCC[CH]CCCCCCC/C=C\CCCCCCCCP(=O)(O)O. The third-order valence-corrected chi connectivity index (χ3v) is 8.83. The monoisotopic (exact) mass is 582 g/mol. The van der Waals surface area contributed by atoms with E-state index >= 15 is 0 Å². The molecule has 0 aromatic carbocycles. The molecule has 0 bridgehead atoms. The molecular formula is C36H70O3P. The van der Waals surface area contributed by atoms with Crippen LogP contribution in [-0.2, 0) is 4.57 Å². The standard InChI is InChI=1S/C36H70O3P/c1-2-3-4-5-6-7-8-9-10-11-12-13-14-15-16-17-18-19-20-21-22-23-24-25-26-27-28-29-30-31-32-33-34-35-36-40(37,38)39/h9-10,19,27-28H,2-8,11-18,20-26,29-36H2,1H3,(H2,37,38,39)/b10-9-,28-27-. The van der Waals surface area contributed by atoms with Crippen LogP contribution in [0.2, 0.25) is 0 Å². The average Bonchev–Trinajstić information content (AvgIpc) is 2.92. The van der Waals surface area contributed by atoms with Gasteiger partial charge in [0.2, 0.25) is 0 Å². The maximum Gasteiger partial charge on any atom is 0.325 e. The molecule has 0 fully saturated rings. The van der Waals surface area contributed by atoms with Gasteiger partial charge < -0.3 is 9.79 Å². The fourth-order valence-corrected chi connectivity index (χ4v) is 5.92. The molecule has 0 heterocycles. The van der Waals surface area contributed by atoms with E-state index in [2.05, 4.69) is 37.6 Å². The summed E-state index contributed by atoms with van der Waals surface area (Å²) in [4.78, 5) is 17.7. The van der Waals surface area contributed by atoms with Gasteiger partial charge in [-0.3, -0.25) is 4.57 Å². The molecule has 0 aliphatic carbocycles. The van der Waals surface area contributed by atoms with Gasteiger partial charge in [0.15, 0.2) is 0 Å². The highest BCUT2D eigenvalue weighted by Gasteiger charge is 2.10. The summed E-state index contributed by atoms with van der Waals surface area (Å²) in [6.07, 6.45) is 49.8. The lowest BCUT2D eigenvalue weighted by Crippen LogP contribution is -1.88. The molecule has 4 heteroatoms. The largest absolute Gasteiger partial charge is 0.325 e. The predicted molar refractivity (Wildman–Crippen MR) is 179 cm³/mol. The number of allylic oxidation sites excluding steroid dienone is 4. The molecule has 3 nitrogen and oxygen atoms in total. The summed E-state index contributed by atoms with van der Waals surface area (Å²) >= 11 is 0. The van der Waals surface area contributed by atoms with Crippen LogP contribution in [0.4, 0.5) is 0 Å². The molecule has 0 rings (SSSR count). The Kier molecular flexibility index (Phi) is 32.8. The number of unbranched alkanes of at least 4 members (excludes halogenated alkanes) is 27. The molecule has 0 aliphatic heterocycles. The van der Waals surface area contributed by atoms with Crippen LogP contribution in [0.1, 0.15) is 193 Å². The van der Waals surface area contributed by atoms with E-state index in [0.717, 1.165) is 12.8 Å². The van der Waals surface area contributed by atoms with Crippen LogP contribution in [0.5, 0.6) is 0 Å². The Balaban J connectivity index is 3.14. The zero-order valence-electron chi connectivity index (χ0n) is 26.8. The molecule has 0 aliphatic rings. The molecule has 2 N–H and O–H groups in total. The van der Waals surface area contributed by atoms with Gasteiger partial charge in [0, 0.05) is 6.16 Å². The van der Waals surface area contributed by atoms with Crippen LogP contribution in [-0.4, -0.2) is 15.9 Å². The van der Waals surface area contributed by atoms with E-state index in [4.69, 9.17) is 9.79 Å². The molecule has 0 saturated carbocycles. The Morgan fingerprint density at radius 2 is 0.675 bits per heavy atom. The minimum Gasteiger partial charge on any atom is -0.324 e. The van der Waals surface area contributed by atoms with Gasteiger partial charge in [0.05, 0.1) is 0 Å². The lowest BCUT2D eigenvalue weighted by molar-refractivity contribution is 0.370. The summed E-state index contributed by atoms with van der Waals surface area (Å²) < 4.78 is 10.8. The van der Waals surface area contributed by atoms with Crippen molar-refractivity contribution in [1.29, 1.82) is 0 Å². The average molecular weight is 582 g/mol. The molecule has 0 atom stereocenters. The first-order chi connectivity index (χ1) is 19.6. The van der Waals surface area contributed by atoms with Crippen molar-refractivity contribution in [1.82, 2.24) is 0 Å². The molecule has 0 amide bonds. The lowest BCUT2D eigenvalue weighted by Gasteiger charge is -2.03. The van der Waals surface area contributed by atoms with E-state index in [9.17, 15) is 4.57 Å². The summed E-state index contributed by atoms with van der Waals surface area (Å²) in [6, 6.07) is 0. The van der Waals surface area contributed by atoms with Crippen molar-refractivity contribution in [3.63, 3.8) is 0 Å². The summed E-state index contributed by atoms with van der Waals surface area (Å²) in [5.41, 5.74) is 0. The number of rotatable bonds is 33. The maximum atomic E-state index is 10.8. The Labute approximate surface area is 251 Å². The third kappa shape index (κ3) is 37.6. The van der Waals surface area contributed by atoms with Crippen LogP contribution in [0.15, 0.2) is 24.3 Å². The minimum atomic E-state index is -3.78. The van der Waals surface area contributed by atoms with E-state index in [1.807, 2.05) is 0 Å². The van der Waals surface area contributed by atoms with Gasteiger partial charge in [-0.05, 0) is 64.2 Å². The zero-order chi connectivity index (χ0) is 29.2. The van der Waals surface area contributed by atoms with Crippen molar-refractivity contribution in [2.45, 2.75) is 193 Å². The topological polar surface area (TPSA) is 57.5 Å². The van der Waals surface area contributed by atoms with Crippen LogP contribution in [0, 0.1) is 6.42 Å². The van der Waals surface area contributed by atoms with Gasteiger partial charge in [-0.1, -0.05) is 160 Å². The second-order valence-corrected chi connectivity index (χ2v) is 13.9. The van der Waals surface area contributed by atoms with E-state index in [-0.39, 0.29) is 6.16 Å². The summed E-state index contributed by atoms with van der Waals surface area (Å²) in [7, 11) is -3.78. The number of hydrogen-bond acceptors (Lipinski definition) is 1. The molecule has 237 valence electrons. The maximum absolute atomic E-state index is 10.8. The first-order valence-corrected chi connectivity index (χ1v) is 19.5. The second kappa shape index (κ2) is 33.1.